The van der Waals surface area contributed by atoms with Crippen LogP contribution in [0.5, 0.6) is 0 Å². The second kappa shape index (κ2) is 3.06. The summed E-state index contributed by atoms with van der Waals surface area (Å²) in [4.78, 5) is 15.1. The number of amides is 1. The van der Waals surface area contributed by atoms with Gasteiger partial charge in [-0.1, -0.05) is 0 Å². The third-order valence-corrected chi connectivity index (χ3v) is 4.79. The van der Waals surface area contributed by atoms with Crippen LogP contribution in [0.1, 0.15) is 39.7 Å². The van der Waals surface area contributed by atoms with Gasteiger partial charge in [-0.3, -0.25) is 9.69 Å². The molecular weight excluding hydrogens is 208 g/mol. The van der Waals surface area contributed by atoms with E-state index in [1.807, 2.05) is 5.38 Å². The Morgan fingerprint density at radius 2 is 2.40 bits per heavy atom. The fourth-order valence-corrected chi connectivity index (χ4v) is 4.11. The number of likely N-dealkylation sites (N-methyl/N-ethyl adjacent to an activating group) is 1. The Morgan fingerprint density at radius 3 is 3.13 bits per heavy atom. The summed E-state index contributed by atoms with van der Waals surface area (Å²) in [5.74, 6) is -0.272. The highest BCUT2D eigenvalue weighted by Crippen LogP contribution is 2.46. The van der Waals surface area contributed by atoms with Gasteiger partial charge in [0.2, 0.25) is 5.91 Å². The van der Waals surface area contributed by atoms with Gasteiger partial charge < -0.3 is 5.73 Å². The van der Waals surface area contributed by atoms with Gasteiger partial charge in [0.25, 0.3) is 0 Å². The van der Waals surface area contributed by atoms with Gasteiger partial charge in [0.05, 0.1) is 5.56 Å². The first kappa shape index (κ1) is 9.36. The number of rotatable bonds is 1. The smallest absolute Gasteiger partial charge is 0.249 e. The Hall–Kier alpha value is -0.870. The molecule has 0 aliphatic carbocycles. The number of thiophene rings is 1. The molecule has 2 aliphatic heterocycles. The van der Waals surface area contributed by atoms with E-state index in [0.717, 1.165) is 12.0 Å². The van der Waals surface area contributed by atoms with E-state index in [1.54, 1.807) is 11.3 Å². The van der Waals surface area contributed by atoms with E-state index in [-0.39, 0.29) is 5.91 Å². The summed E-state index contributed by atoms with van der Waals surface area (Å²) in [6.45, 7) is 0. The molecule has 2 N–H and O–H groups in total. The molecule has 3 heterocycles. The number of hydrogen-bond acceptors (Lipinski definition) is 3. The monoisotopic (exact) mass is 222 g/mol. The van der Waals surface area contributed by atoms with Crippen LogP contribution in [0.15, 0.2) is 5.38 Å². The first-order chi connectivity index (χ1) is 7.18. The predicted octanol–water partition coefficient (Wildman–Crippen LogP) is 1.54. The van der Waals surface area contributed by atoms with Crippen LogP contribution in [0, 0.1) is 0 Å². The van der Waals surface area contributed by atoms with Crippen molar-refractivity contribution >= 4 is 17.2 Å². The molecule has 3 rings (SSSR count). The van der Waals surface area contributed by atoms with Gasteiger partial charge in [-0.25, -0.2) is 0 Å². The standard InChI is InChI=1S/C11H14N2OS/c1-13-6-2-3-8(13)10-7(11(12)14)5-15-9(10)4-6/h5-6,8H,2-4H2,1H3,(H2,12,14). The summed E-state index contributed by atoms with van der Waals surface area (Å²) in [5.41, 5.74) is 7.39. The van der Waals surface area contributed by atoms with E-state index >= 15 is 0 Å². The van der Waals surface area contributed by atoms with Crippen molar-refractivity contribution in [1.29, 1.82) is 0 Å². The van der Waals surface area contributed by atoms with Gasteiger partial charge >= 0.3 is 0 Å². The van der Waals surface area contributed by atoms with Crippen LogP contribution in [-0.4, -0.2) is 23.9 Å². The zero-order valence-corrected chi connectivity index (χ0v) is 9.51. The molecule has 1 aromatic heterocycles. The van der Waals surface area contributed by atoms with Crippen molar-refractivity contribution in [2.45, 2.75) is 31.3 Å². The third kappa shape index (κ3) is 1.18. The van der Waals surface area contributed by atoms with Gasteiger partial charge in [-0.2, -0.15) is 0 Å². The van der Waals surface area contributed by atoms with Crippen LogP contribution >= 0.6 is 11.3 Å². The number of hydrogen-bond donors (Lipinski definition) is 1. The quantitative estimate of drug-likeness (QED) is 0.783. The lowest BCUT2D eigenvalue weighted by Gasteiger charge is -2.31. The molecule has 2 bridgehead atoms. The second-order valence-corrected chi connectivity index (χ2v) is 5.43. The minimum atomic E-state index is -0.272. The topological polar surface area (TPSA) is 46.3 Å². The molecule has 3 nitrogen and oxygen atoms in total. The zero-order valence-electron chi connectivity index (χ0n) is 8.69. The van der Waals surface area contributed by atoms with Gasteiger partial charge in [-0.05, 0) is 31.9 Å². The summed E-state index contributed by atoms with van der Waals surface area (Å²) >= 11 is 1.70. The molecule has 2 aliphatic rings. The van der Waals surface area contributed by atoms with E-state index in [4.69, 9.17) is 5.73 Å². The van der Waals surface area contributed by atoms with Crippen molar-refractivity contribution in [2.24, 2.45) is 5.73 Å². The number of nitrogens with zero attached hydrogens (tertiary/aromatic N) is 1. The van der Waals surface area contributed by atoms with Crippen molar-refractivity contribution in [3.05, 3.63) is 21.4 Å². The number of primary amides is 1. The first-order valence-corrected chi connectivity index (χ1v) is 6.18. The largest absolute Gasteiger partial charge is 0.366 e. The Labute approximate surface area is 92.9 Å². The summed E-state index contributed by atoms with van der Waals surface area (Å²) < 4.78 is 0. The van der Waals surface area contributed by atoms with E-state index in [0.29, 0.717) is 12.1 Å². The summed E-state index contributed by atoms with van der Waals surface area (Å²) in [6.07, 6.45) is 3.52. The molecule has 4 heteroatoms. The van der Waals surface area contributed by atoms with Crippen molar-refractivity contribution in [2.75, 3.05) is 7.05 Å². The molecule has 1 aromatic rings. The van der Waals surface area contributed by atoms with Crippen LogP contribution in [0.3, 0.4) is 0 Å². The van der Waals surface area contributed by atoms with E-state index < -0.39 is 0 Å². The Morgan fingerprint density at radius 1 is 1.60 bits per heavy atom. The van der Waals surface area contributed by atoms with Crippen molar-refractivity contribution in [3.8, 4) is 0 Å². The van der Waals surface area contributed by atoms with E-state index in [9.17, 15) is 4.79 Å². The SMILES string of the molecule is CN1C2CCC1c1c(C(N)=O)csc1C2. The van der Waals surface area contributed by atoms with Crippen molar-refractivity contribution in [1.82, 2.24) is 4.90 Å². The lowest BCUT2D eigenvalue weighted by Crippen LogP contribution is -2.34. The second-order valence-electron chi connectivity index (χ2n) is 4.47. The zero-order chi connectivity index (χ0) is 10.6. The van der Waals surface area contributed by atoms with E-state index in [2.05, 4.69) is 11.9 Å². The molecule has 80 valence electrons. The summed E-state index contributed by atoms with van der Waals surface area (Å²) in [6, 6.07) is 1.12. The average molecular weight is 222 g/mol. The highest BCUT2D eigenvalue weighted by atomic mass is 32.1. The van der Waals surface area contributed by atoms with Crippen molar-refractivity contribution in [3.63, 3.8) is 0 Å². The molecule has 1 amide bonds. The number of nitrogens with two attached hydrogens (primary N) is 1. The molecule has 0 spiro atoms. The van der Waals surface area contributed by atoms with Crippen molar-refractivity contribution < 1.29 is 4.79 Å². The van der Waals surface area contributed by atoms with Crippen LogP contribution in [0.4, 0.5) is 0 Å². The summed E-state index contributed by atoms with van der Waals surface area (Å²) in [5, 5.41) is 1.93. The number of carbonyl (C=O) groups is 1. The fourth-order valence-electron chi connectivity index (χ4n) is 2.94. The molecule has 0 aromatic carbocycles. The van der Waals surface area contributed by atoms with Crippen LogP contribution in [-0.2, 0) is 6.42 Å². The van der Waals surface area contributed by atoms with Gasteiger partial charge in [0, 0.05) is 22.3 Å². The number of carbonyl (C=O) groups excluding carboxylic acids is 1. The third-order valence-electron chi connectivity index (χ3n) is 3.77. The van der Waals surface area contributed by atoms with E-state index in [1.165, 1.54) is 23.3 Å². The number of fused-ring (bicyclic) bond motifs is 4. The summed E-state index contributed by atoms with van der Waals surface area (Å²) in [7, 11) is 2.16. The maximum Gasteiger partial charge on any atom is 0.249 e. The van der Waals surface area contributed by atoms with Gasteiger partial charge in [-0.15, -0.1) is 11.3 Å². The molecule has 0 saturated carbocycles. The average Bonchev–Trinajstić information content (AvgIpc) is 2.69. The first-order valence-electron chi connectivity index (χ1n) is 5.30. The minimum absolute atomic E-state index is 0.272. The highest BCUT2D eigenvalue weighted by molar-refractivity contribution is 7.10. The molecule has 0 radical (unpaired) electrons. The Balaban J connectivity index is 2.14. The van der Waals surface area contributed by atoms with Crippen LogP contribution in [0.25, 0.3) is 0 Å². The van der Waals surface area contributed by atoms with Gasteiger partial charge in [0.15, 0.2) is 0 Å². The molecule has 1 fully saturated rings. The molecular formula is C11H14N2OS. The normalized spacial score (nSPS) is 29.1. The molecule has 15 heavy (non-hydrogen) atoms. The maximum absolute atomic E-state index is 11.3. The predicted molar refractivity (Wildman–Crippen MR) is 60.1 cm³/mol. The highest BCUT2D eigenvalue weighted by Gasteiger charge is 2.40. The lowest BCUT2D eigenvalue weighted by molar-refractivity contribution is 0.0997. The molecule has 1 saturated heterocycles. The molecule has 2 atom stereocenters. The Bertz CT molecular complexity index is 426. The van der Waals surface area contributed by atoms with Crippen LogP contribution < -0.4 is 5.73 Å². The maximum atomic E-state index is 11.3. The van der Waals surface area contributed by atoms with Gasteiger partial charge in [0.1, 0.15) is 0 Å². The fraction of sp³-hybridized carbons (Fsp3) is 0.545. The lowest BCUT2D eigenvalue weighted by atomic mass is 9.97. The molecule has 2 unspecified atom stereocenters. The van der Waals surface area contributed by atoms with Crippen LogP contribution in [0.2, 0.25) is 0 Å². The minimum Gasteiger partial charge on any atom is -0.366 e. The Kier molecular flexibility index (Phi) is 1.91.